The van der Waals surface area contributed by atoms with Crippen LogP contribution in [-0.2, 0) is 6.54 Å². The smallest absolute Gasteiger partial charge is 0.171 e. The molecule has 1 aliphatic carbocycles. The molecule has 1 saturated carbocycles. The summed E-state index contributed by atoms with van der Waals surface area (Å²) < 4.78 is 5.44. The van der Waals surface area contributed by atoms with Crippen molar-refractivity contribution in [1.29, 1.82) is 0 Å². The zero-order valence-corrected chi connectivity index (χ0v) is 11.6. The van der Waals surface area contributed by atoms with Gasteiger partial charge in [-0.25, -0.2) is 4.98 Å². The molecule has 0 spiro atoms. The van der Waals surface area contributed by atoms with E-state index in [1.807, 2.05) is 36.5 Å². The highest BCUT2D eigenvalue weighted by atomic mass is 16.5. The summed E-state index contributed by atoms with van der Waals surface area (Å²) in [6.45, 7) is 0.769. The Balaban J connectivity index is 1.92. The van der Waals surface area contributed by atoms with E-state index in [1.54, 1.807) is 7.11 Å². The molecule has 1 aromatic carbocycles. The maximum absolute atomic E-state index is 6.06. The zero-order chi connectivity index (χ0) is 13.9. The third-order valence-corrected chi connectivity index (χ3v) is 3.63. The van der Waals surface area contributed by atoms with Gasteiger partial charge in [0.05, 0.1) is 7.11 Å². The van der Waals surface area contributed by atoms with Crippen molar-refractivity contribution in [3.05, 3.63) is 48.2 Å². The fourth-order valence-electron chi connectivity index (χ4n) is 2.38. The minimum Gasteiger partial charge on any atom is -0.493 e. The lowest BCUT2D eigenvalue weighted by atomic mass is 10.1. The average molecular weight is 269 g/mol. The number of ether oxygens (including phenoxy) is 1. The Kier molecular flexibility index (Phi) is 3.46. The first-order chi connectivity index (χ1) is 9.79. The van der Waals surface area contributed by atoms with E-state index < -0.39 is 0 Å². The van der Waals surface area contributed by atoms with Crippen molar-refractivity contribution < 1.29 is 4.74 Å². The fraction of sp³-hybridized carbons (Fsp3) is 0.312. The van der Waals surface area contributed by atoms with Crippen LogP contribution in [0, 0.1) is 0 Å². The summed E-state index contributed by atoms with van der Waals surface area (Å²) in [6.07, 6.45) is 4.21. The summed E-state index contributed by atoms with van der Waals surface area (Å²) in [5.41, 5.74) is 8.02. The zero-order valence-electron chi connectivity index (χ0n) is 11.6. The number of nitrogens with two attached hydrogens (primary N) is 1. The van der Waals surface area contributed by atoms with Crippen LogP contribution in [0.1, 0.15) is 18.4 Å². The number of hydrogen-bond donors (Lipinski definition) is 1. The molecule has 1 aliphatic rings. The SMILES string of the molecule is COc1cccnc1N(Cc1ccccc1N)C1CC1. The van der Waals surface area contributed by atoms with Gasteiger partial charge in [0.1, 0.15) is 0 Å². The van der Waals surface area contributed by atoms with Crippen LogP contribution in [0.5, 0.6) is 5.75 Å². The van der Waals surface area contributed by atoms with Crippen molar-refractivity contribution in [2.45, 2.75) is 25.4 Å². The van der Waals surface area contributed by atoms with Crippen LogP contribution in [0.25, 0.3) is 0 Å². The second kappa shape index (κ2) is 5.41. The van der Waals surface area contributed by atoms with Gasteiger partial charge in [-0.05, 0) is 36.6 Å². The molecule has 0 bridgehead atoms. The number of methoxy groups -OCH3 is 1. The van der Waals surface area contributed by atoms with Gasteiger partial charge in [-0.2, -0.15) is 0 Å². The molecule has 2 aromatic rings. The number of pyridine rings is 1. The third-order valence-electron chi connectivity index (χ3n) is 3.63. The van der Waals surface area contributed by atoms with E-state index in [0.717, 1.165) is 29.4 Å². The van der Waals surface area contributed by atoms with Crippen molar-refractivity contribution in [2.75, 3.05) is 17.7 Å². The number of para-hydroxylation sites is 1. The van der Waals surface area contributed by atoms with E-state index in [0.29, 0.717) is 6.04 Å². The summed E-state index contributed by atoms with van der Waals surface area (Å²) in [7, 11) is 1.68. The van der Waals surface area contributed by atoms with Gasteiger partial charge in [0.15, 0.2) is 11.6 Å². The Morgan fingerprint density at radius 3 is 2.75 bits per heavy atom. The van der Waals surface area contributed by atoms with Crippen molar-refractivity contribution in [3.8, 4) is 5.75 Å². The topological polar surface area (TPSA) is 51.4 Å². The molecule has 0 saturated heterocycles. The lowest BCUT2D eigenvalue weighted by molar-refractivity contribution is 0.412. The molecule has 1 heterocycles. The minimum absolute atomic E-state index is 0.540. The van der Waals surface area contributed by atoms with E-state index in [4.69, 9.17) is 10.5 Å². The monoisotopic (exact) mass is 269 g/mol. The number of anilines is 2. The number of nitrogens with zero attached hydrogens (tertiary/aromatic N) is 2. The van der Waals surface area contributed by atoms with E-state index in [1.165, 1.54) is 12.8 Å². The molecule has 2 N–H and O–H groups in total. The van der Waals surface area contributed by atoms with E-state index >= 15 is 0 Å². The number of rotatable bonds is 5. The molecule has 0 atom stereocenters. The van der Waals surface area contributed by atoms with Crippen LogP contribution in [0.3, 0.4) is 0 Å². The molecule has 0 radical (unpaired) electrons. The van der Waals surface area contributed by atoms with Crippen LogP contribution >= 0.6 is 0 Å². The molecule has 104 valence electrons. The summed E-state index contributed by atoms with van der Waals surface area (Å²) in [5.74, 6) is 1.72. The molecule has 1 aromatic heterocycles. The molecular weight excluding hydrogens is 250 g/mol. The Bertz CT molecular complexity index is 596. The summed E-state index contributed by atoms with van der Waals surface area (Å²) in [5, 5.41) is 0. The Labute approximate surface area is 119 Å². The first-order valence-electron chi connectivity index (χ1n) is 6.88. The van der Waals surface area contributed by atoms with Gasteiger partial charge in [0.2, 0.25) is 0 Å². The summed E-state index contributed by atoms with van der Waals surface area (Å²) in [6, 6.07) is 12.4. The molecule has 0 aliphatic heterocycles. The highest BCUT2D eigenvalue weighted by molar-refractivity contribution is 5.56. The standard InChI is InChI=1S/C16H19N3O/c1-20-15-7-4-10-18-16(15)19(13-8-9-13)11-12-5-2-3-6-14(12)17/h2-7,10,13H,8-9,11,17H2,1H3. The van der Waals surface area contributed by atoms with E-state index in [9.17, 15) is 0 Å². The average Bonchev–Trinajstić information content (AvgIpc) is 3.31. The second-order valence-electron chi connectivity index (χ2n) is 5.09. The molecule has 4 nitrogen and oxygen atoms in total. The molecule has 3 rings (SSSR count). The Morgan fingerprint density at radius 1 is 1.25 bits per heavy atom. The summed E-state index contributed by atoms with van der Waals surface area (Å²) in [4.78, 5) is 6.79. The molecule has 1 fully saturated rings. The largest absolute Gasteiger partial charge is 0.493 e. The number of hydrogen-bond acceptors (Lipinski definition) is 4. The van der Waals surface area contributed by atoms with Crippen molar-refractivity contribution >= 4 is 11.5 Å². The van der Waals surface area contributed by atoms with E-state index in [-0.39, 0.29) is 0 Å². The maximum Gasteiger partial charge on any atom is 0.171 e. The highest BCUT2D eigenvalue weighted by Gasteiger charge is 2.31. The van der Waals surface area contributed by atoms with Crippen LogP contribution in [0.2, 0.25) is 0 Å². The minimum atomic E-state index is 0.540. The molecule has 4 heteroatoms. The second-order valence-corrected chi connectivity index (χ2v) is 5.09. The number of aromatic nitrogens is 1. The van der Waals surface area contributed by atoms with E-state index in [2.05, 4.69) is 16.0 Å². The molecule has 0 amide bonds. The predicted octanol–water partition coefficient (Wildman–Crippen LogP) is 2.84. The van der Waals surface area contributed by atoms with Crippen LogP contribution < -0.4 is 15.4 Å². The number of benzene rings is 1. The lowest BCUT2D eigenvalue weighted by Crippen LogP contribution is -2.26. The summed E-state index contributed by atoms with van der Waals surface area (Å²) >= 11 is 0. The quantitative estimate of drug-likeness (QED) is 0.848. The number of nitrogen functional groups attached to an aromatic ring is 1. The van der Waals surface area contributed by atoms with Gasteiger partial charge < -0.3 is 15.4 Å². The molecule has 20 heavy (non-hydrogen) atoms. The van der Waals surface area contributed by atoms with Gasteiger partial charge >= 0.3 is 0 Å². The lowest BCUT2D eigenvalue weighted by Gasteiger charge is -2.25. The van der Waals surface area contributed by atoms with Crippen LogP contribution in [0.15, 0.2) is 42.6 Å². The maximum atomic E-state index is 6.06. The van der Waals surface area contributed by atoms with Gasteiger partial charge in [-0.1, -0.05) is 18.2 Å². The Morgan fingerprint density at radius 2 is 2.05 bits per heavy atom. The van der Waals surface area contributed by atoms with Gasteiger partial charge in [-0.15, -0.1) is 0 Å². The van der Waals surface area contributed by atoms with Crippen LogP contribution in [0.4, 0.5) is 11.5 Å². The van der Waals surface area contributed by atoms with Gasteiger partial charge in [0.25, 0.3) is 0 Å². The fourth-order valence-corrected chi connectivity index (χ4v) is 2.38. The Hall–Kier alpha value is -2.23. The highest BCUT2D eigenvalue weighted by Crippen LogP contribution is 2.36. The predicted molar refractivity (Wildman–Crippen MR) is 80.8 cm³/mol. The first-order valence-corrected chi connectivity index (χ1v) is 6.88. The van der Waals surface area contributed by atoms with Crippen molar-refractivity contribution in [3.63, 3.8) is 0 Å². The first kappa shape index (κ1) is 12.8. The van der Waals surface area contributed by atoms with Gasteiger partial charge in [-0.3, -0.25) is 0 Å². The third kappa shape index (κ3) is 2.54. The molecular formula is C16H19N3O. The molecule has 0 unspecified atom stereocenters. The van der Waals surface area contributed by atoms with Crippen LogP contribution in [-0.4, -0.2) is 18.1 Å². The van der Waals surface area contributed by atoms with Crippen molar-refractivity contribution in [2.24, 2.45) is 0 Å². The normalized spacial score (nSPS) is 14.1. The van der Waals surface area contributed by atoms with Crippen molar-refractivity contribution in [1.82, 2.24) is 4.98 Å². The van der Waals surface area contributed by atoms with Gasteiger partial charge in [0, 0.05) is 24.5 Å².